The van der Waals surface area contributed by atoms with Crippen LogP contribution in [0.3, 0.4) is 0 Å². The monoisotopic (exact) mass is 367 g/mol. The van der Waals surface area contributed by atoms with Gasteiger partial charge in [0.2, 0.25) is 5.95 Å². The minimum atomic E-state index is 0.318. The first-order chi connectivity index (χ1) is 13.1. The van der Waals surface area contributed by atoms with Gasteiger partial charge in [0.05, 0.1) is 38.9 Å². The Morgan fingerprint density at radius 3 is 2.22 bits per heavy atom. The molecule has 8 nitrogen and oxygen atoms in total. The van der Waals surface area contributed by atoms with Crippen molar-refractivity contribution in [1.29, 1.82) is 0 Å². The van der Waals surface area contributed by atoms with Gasteiger partial charge in [0.25, 0.3) is 0 Å². The summed E-state index contributed by atoms with van der Waals surface area (Å²) in [5, 5.41) is 14.3. The van der Waals surface area contributed by atoms with E-state index in [4.69, 9.17) is 14.2 Å². The molecule has 0 saturated heterocycles. The number of aromatic nitrogens is 3. The molecular weight excluding hydrogens is 346 g/mol. The van der Waals surface area contributed by atoms with E-state index in [-0.39, 0.29) is 0 Å². The Hall–Kier alpha value is -3.55. The molecule has 0 unspecified atom stereocenters. The van der Waals surface area contributed by atoms with Crippen molar-refractivity contribution in [2.24, 2.45) is 0 Å². The second-order valence-corrected chi connectivity index (χ2v) is 5.69. The lowest BCUT2D eigenvalue weighted by Gasteiger charge is -2.13. The molecule has 0 atom stereocenters. The molecule has 0 radical (unpaired) electrons. The van der Waals surface area contributed by atoms with Gasteiger partial charge < -0.3 is 24.8 Å². The molecule has 3 rings (SSSR count). The van der Waals surface area contributed by atoms with Gasteiger partial charge in [-0.15, -0.1) is 5.10 Å². The van der Waals surface area contributed by atoms with Crippen LogP contribution in [0.2, 0.25) is 0 Å². The average molecular weight is 367 g/mol. The van der Waals surface area contributed by atoms with Crippen molar-refractivity contribution in [3.63, 3.8) is 0 Å². The molecular formula is C19H21N5O3. The summed E-state index contributed by atoms with van der Waals surface area (Å²) < 4.78 is 16.0. The molecule has 2 N–H and O–H groups in total. The maximum Gasteiger partial charge on any atom is 0.249 e. The second-order valence-electron chi connectivity index (χ2n) is 5.69. The van der Waals surface area contributed by atoms with E-state index < -0.39 is 0 Å². The Morgan fingerprint density at radius 2 is 1.52 bits per heavy atom. The summed E-state index contributed by atoms with van der Waals surface area (Å²) in [6, 6.07) is 11.3. The fourth-order valence-electron chi connectivity index (χ4n) is 2.51. The minimum absolute atomic E-state index is 0.318. The van der Waals surface area contributed by atoms with Crippen LogP contribution in [0.4, 0.5) is 23.1 Å². The van der Waals surface area contributed by atoms with Crippen molar-refractivity contribution < 1.29 is 14.2 Å². The number of nitrogens with one attached hydrogen (secondary N) is 2. The Bertz CT molecular complexity index is 933. The fourth-order valence-corrected chi connectivity index (χ4v) is 2.51. The third-order valence-electron chi connectivity index (χ3n) is 3.83. The zero-order chi connectivity index (χ0) is 19.2. The summed E-state index contributed by atoms with van der Waals surface area (Å²) in [4.78, 5) is 4.45. The summed E-state index contributed by atoms with van der Waals surface area (Å²) in [5.41, 5.74) is 2.56. The number of rotatable bonds is 7. The molecule has 0 aliphatic rings. The van der Waals surface area contributed by atoms with E-state index in [1.165, 1.54) is 6.20 Å². The molecule has 8 heteroatoms. The van der Waals surface area contributed by atoms with Crippen molar-refractivity contribution in [1.82, 2.24) is 15.2 Å². The molecule has 27 heavy (non-hydrogen) atoms. The van der Waals surface area contributed by atoms with Gasteiger partial charge >= 0.3 is 0 Å². The first-order valence-electron chi connectivity index (χ1n) is 8.23. The zero-order valence-electron chi connectivity index (χ0n) is 15.6. The topological polar surface area (TPSA) is 90.4 Å². The van der Waals surface area contributed by atoms with Crippen LogP contribution in [0.25, 0.3) is 0 Å². The highest BCUT2D eigenvalue weighted by molar-refractivity contribution is 5.67. The fraction of sp³-hybridized carbons (Fsp3) is 0.211. The second kappa shape index (κ2) is 8.22. The number of hydrogen-bond donors (Lipinski definition) is 2. The van der Waals surface area contributed by atoms with Crippen LogP contribution in [0.5, 0.6) is 17.2 Å². The summed E-state index contributed by atoms with van der Waals surface area (Å²) in [7, 11) is 4.81. The molecule has 0 bridgehead atoms. The predicted octanol–water partition coefficient (Wildman–Crippen LogP) is 3.69. The first kappa shape index (κ1) is 18.2. The third-order valence-corrected chi connectivity index (χ3v) is 3.83. The Labute approximate surface area is 157 Å². The predicted molar refractivity (Wildman–Crippen MR) is 104 cm³/mol. The summed E-state index contributed by atoms with van der Waals surface area (Å²) in [5.74, 6) is 2.88. The molecule has 0 fully saturated rings. The third kappa shape index (κ3) is 4.35. The Balaban J connectivity index is 1.86. The highest BCUT2D eigenvalue weighted by Crippen LogP contribution is 2.31. The summed E-state index contributed by atoms with van der Waals surface area (Å²) in [6.07, 6.45) is 1.54. The highest BCUT2D eigenvalue weighted by Gasteiger charge is 2.10. The van der Waals surface area contributed by atoms with Gasteiger partial charge in [-0.3, -0.25) is 0 Å². The number of benzene rings is 2. The van der Waals surface area contributed by atoms with E-state index in [2.05, 4.69) is 25.8 Å². The van der Waals surface area contributed by atoms with Gasteiger partial charge in [0, 0.05) is 6.07 Å². The van der Waals surface area contributed by atoms with Crippen LogP contribution in [0, 0.1) is 6.92 Å². The lowest BCUT2D eigenvalue weighted by atomic mass is 10.2. The van der Waals surface area contributed by atoms with E-state index in [9.17, 15) is 0 Å². The van der Waals surface area contributed by atoms with Crippen LogP contribution in [-0.4, -0.2) is 36.5 Å². The highest BCUT2D eigenvalue weighted by atomic mass is 16.5. The van der Waals surface area contributed by atoms with Crippen LogP contribution >= 0.6 is 0 Å². The number of hydrogen-bond acceptors (Lipinski definition) is 8. The van der Waals surface area contributed by atoms with Crippen LogP contribution in [0.15, 0.2) is 42.6 Å². The van der Waals surface area contributed by atoms with Crippen molar-refractivity contribution in [2.75, 3.05) is 32.0 Å². The van der Waals surface area contributed by atoms with Crippen molar-refractivity contribution in [3.05, 3.63) is 48.2 Å². The van der Waals surface area contributed by atoms with E-state index in [1.807, 2.05) is 31.2 Å². The van der Waals surface area contributed by atoms with Crippen LogP contribution in [-0.2, 0) is 0 Å². The van der Waals surface area contributed by atoms with Gasteiger partial charge in [-0.2, -0.15) is 10.1 Å². The molecule has 140 valence electrons. The zero-order valence-corrected chi connectivity index (χ0v) is 15.6. The normalized spacial score (nSPS) is 10.2. The molecule has 0 aliphatic carbocycles. The molecule has 3 aromatic rings. The molecule has 0 aliphatic heterocycles. The molecule has 2 aromatic carbocycles. The summed E-state index contributed by atoms with van der Waals surface area (Å²) >= 11 is 0. The van der Waals surface area contributed by atoms with Crippen LogP contribution < -0.4 is 24.8 Å². The average Bonchev–Trinajstić information content (AvgIpc) is 2.68. The number of anilines is 4. The van der Waals surface area contributed by atoms with E-state index in [1.54, 1.807) is 33.5 Å². The van der Waals surface area contributed by atoms with Crippen molar-refractivity contribution >= 4 is 23.1 Å². The van der Waals surface area contributed by atoms with Crippen molar-refractivity contribution in [2.45, 2.75) is 6.92 Å². The molecule has 0 saturated carbocycles. The number of ether oxygens (including phenoxy) is 3. The lowest BCUT2D eigenvalue weighted by molar-refractivity contribution is 0.405. The maximum absolute atomic E-state index is 5.38. The van der Waals surface area contributed by atoms with E-state index >= 15 is 0 Å². The van der Waals surface area contributed by atoms with Gasteiger partial charge in [-0.1, -0.05) is 6.07 Å². The molecule has 1 heterocycles. The summed E-state index contributed by atoms with van der Waals surface area (Å²) in [6.45, 7) is 2.00. The van der Waals surface area contributed by atoms with Crippen molar-refractivity contribution in [3.8, 4) is 17.2 Å². The Morgan fingerprint density at radius 1 is 0.815 bits per heavy atom. The maximum atomic E-state index is 5.38. The van der Waals surface area contributed by atoms with E-state index in [0.29, 0.717) is 34.7 Å². The number of nitrogens with zero attached hydrogens (tertiary/aromatic N) is 3. The Kier molecular flexibility index (Phi) is 5.55. The van der Waals surface area contributed by atoms with Gasteiger partial charge in [0.15, 0.2) is 5.82 Å². The smallest absolute Gasteiger partial charge is 0.249 e. The van der Waals surface area contributed by atoms with Gasteiger partial charge in [0.1, 0.15) is 17.2 Å². The SMILES string of the molecule is COc1ccc(OC)c(Nc2nncc(Nc3cc(C)ccc3OC)n2)c1. The first-order valence-corrected chi connectivity index (χ1v) is 8.23. The molecule has 0 spiro atoms. The number of methoxy groups -OCH3 is 3. The van der Waals surface area contributed by atoms with Gasteiger partial charge in [-0.05, 0) is 36.8 Å². The van der Waals surface area contributed by atoms with Crippen LogP contribution in [0.1, 0.15) is 5.56 Å². The standard InChI is InChI=1S/C19H21N5O3/c1-12-5-7-16(26-3)14(9-12)21-18-11-20-24-19(23-18)22-15-10-13(25-2)6-8-17(15)27-4/h5-11H,1-4H3,(H2,21,22,23,24). The molecule has 0 amide bonds. The molecule has 1 aromatic heterocycles. The quantitative estimate of drug-likeness (QED) is 0.653. The lowest BCUT2D eigenvalue weighted by Crippen LogP contribution is -2.04. The minimum Gasteiger partial charge on any atom is -0.497 e. The van der Waals surface area contributed by atoms with E-state index in [0.717, 1.165) is 11.3 Å². The largest absolute Gasteiger partial charge is 0.497 e. The number of aryl methyl sites for hydroxylation is 1. The van der Waals surface area contributed by atoms with Gasteiger partial charge in [-0.25, -0.2) is 0 Å².